The summed E-state index contributed by atoms with van der Waals surface area (Å²) in [6.07, 6.45) is 4.96. The van der Waals surface area contributed by atoms with Crippen molar-refractivity contribution < 1.29 is 4.39 Å². The number of aromatic nitrogens is 1. The van der Waals surface area contributed by atoms with Gasteiger partial charge in [-0.05, 0) is 31.4 Å². The number of benzene rings is 1. The molecule has 2 aliphatic rings. The molecule has 1 atom stereocenters. The highest BCUT2D eigenvalue weighted by Crippen LogP contribution is 2.37. The van der Waals surface area contributed by atoms with E-state index in [0.29, 0.717) is 23.7 Å². The van der Waals surface area contributed by atoms with E-state index in [-0.39, 0.29) is 17.3 Å². The van der Waals surface area contributed by atoms with Gasteiger partial charge in [0.15, 0.2) is 5.43 Å². The summed E-state index contributed by atoms with van der Waals surface area (Å²) in [5, 5.41) is 0.467. The third-order valence-electron chi connectivity index (χ3n) is 4.50. The van der Waals surface area contributed by atoms with E-state index in [1.807, 2.05) is 17.2 Å². The summed E-state index contributed by atoms with van der Waals surface area (Å²) in [5.74, 6) is -0.331. The minimum Gasteiger partial charge on any atom is -0.367 e. The molecule has 2 fully saturated rings. The largest absolute Gasteiger partial charge is 0.367 e. The van der Waals surface area contributed by atoms with Gasteiger partial charge in [0.25, 0.3) is 0 Å². The third kappa shape index (κ3) is 2.12. The number of anilines is 1. The highest BCUT2D eigenvalue weighted by Gasteiger charge is 2.26. The Labute approximate surface area is 122 Å². The van der Waals surface area contributed by atoms with Crippen LogP contribution in [0.1, 0.15) is 25.3 Å². The van der Waals surface area contributed by atoms with Gasteiger partial charge in [-0.3, -0.25) is 4.79 Å². The maximum Gasteiger partial charge on any atom is 0.189 e. The van der Waals surface area contributed by atoms with E-state index >= 15 is 0 Å². The first-order chi connectivity index (χ1) is 10.1. The predicted octanol–water partition coefficient (Wildman–Crippen LogP) is 2.01. The summed E-state index contributed by atoms with van der Waals surface area (Å²) in [6.45, 7) is 1.44. The Morgan fingerprint density at radius 2 is 2.05 bits per heavy atom. The van der Waals surface area contributed by atoms with Gasteiger partial charge in [-0.25, -0.2) is 4.39 Å². The fourth-order valence-electron chi connectivity index (χ4n) is 3.20. The number of pyridine rings is 1. The Kier molecular flexibility index (Phi) is 2.79. The Bertz CT molecular complexity index is 766. The van der Waals surface area contributed by atoms with Crippen molar-refractivity contribution in [3.63, 3.8) is 0 Å². The molecule has 1 saturated carbocycles. The van der Waals surface area contributed by atoms with Crippen LogP contribution in [0.5, 0.6) is 0 Å². The number of hydrogen-bond donors (Lipinski definition) is 1. The highest BCUT2D eigenvalue weighted by molar-refractivity contribution is 5.83. The zero-order chi connectivity index (χ0) is 14.6. The standard InChI is InChI=1S/C16H18FN3O/c17-13-7-12-14(8-15(13)19-5-3-10(18)9-19)20(11-1-2-11)6-4-16(12)21/h4,6-8,10-11H,1-3,5,9,18H2/t10-/m0/s1. The van der Waals surface area contributed by atoms with Crippen molar-refractivity contribution in [3.8, 4) is 0 Å². The van der Waals surface area contributed by atoms with E-state index in [2.05, 4.69) is 4.57 Å². The Balaban J connectivity index is 1.90. The van der Waals surface area contributed by atoms with Crippen LogP contribution in [0.4, 0.5) is 10.1 Å². The van der Waals surface area contributed by atoms with E-state index in [0.717, 1.165) is 31.3 Å². The second kappa shape index (κ2) is 4.56. The van der Waals surface area contributed by atoms with Crippen LogP contribution in [0.3, 0.4) is 0 Å². The Morgan fingerprint density at radius 1 is 1.24 bits per heavy atom. The quantitative estimate of drug-likeness (QED) is 0.919. The molecule has 0 radical (unpaired) electrons. The van der Waals surface area contributed by atoms with Crippen LogP contribution in [-0.2, 0) is 0 Å². The van der Waals surface area contributed by atoms with E-state index in [1.165, 1.54) is 12.1 Å². The molecule has 4 nitrogen and oxygen atoms in total. The van der Waals surface area contributed by atoms with Crippen molar-refractivity contribution in [1.82, 2.24) is 4.57 Å². The van der Waals surface area contributed by atoms with Gasteiger partial charge in [0.1, 0.15) is 5.82 Å². The molecule has 5 heteroatoms. The van der Waals surface area contributed by atoms with Crippen LogP contribution in [0.25, 0.3) is 10.9 Å². The molecule has 0 amide bonds. The van der Waals surface area contributed by atoms with E-state index in [9.17, 15) is 9.18 Å². The van der Waals surface area contributed by atoms with Crippen molar-refractivity contribution in [1.29, 1.82) is 0 Å². The maximum atomic E-state index is 14.4. The minimum atomic E-state index is -0.331. The summed E-state index contributed by atoms with van der Waals surface area (Å²) < 4.78 is 16.5. The van der Waals surface area contributed by atoms with Crippen LogP contribution in [-0.4, -0.2) is 23.7 Å². The first-order valence-electron chi connectivity index (χ1n) is 7.48. The SMILES string of the molecule is N[C@H]1CCN(c2cc3c(cc2F)c(=O)ccn3C2CC2)C1. The number of nitrogens with two attached hydrogens (primary N) is 1. The average molecular weight is 287 g/mol. The van der Waals surface area contributed by atoms with Gasteiger partial charge in [-0.1, -0.05) is 0 Å². The van der Waals surface area contributed by atoms with Crippen LogP contribution in [0.2, 0.25) is 0 Å². The number of nitrogens with zero attached hydrogens (tertiary/aromatic N) is 2. The summed E-state index contributed by atoms with van der Waals surface area (Å²) >= 11 is 0. The first kappa shape index (κ1) is 12.8. The molecule has 1 aromatic carbocycles. The van der Waals surface area contributed by atoms with E-state index in [4.69, 9.17) is 5.73 Å². The summed E-state index contributed by atoms with van der Waals surface area (Å²) in [4.78, 5) is 14.0. The number of rotatable bonds is 2. The molecule has 0 unspecified atom stereocenters. The van der Waals surface area contributed by atoms with Gasteiger partial charge >= 0.3 is 0 Å². The van der Waals surface area contributed by atoms with Crippen molar-refractivity contribution in [3.05, 3.63) is 40.4 Å². The fourth-order valence-corrected chi connectivity index (χ4v) is 3.20. The molecule has 110 valence electrons. The lowest BCUT2D eigenvalue weighted by atomic mass is 10.1. The Hall–Kier alpha value is -1.88. The van der Waals surface area contributed by atoms with Crippen molar-refractivity contribution in [2.24, 2.45) is 5.73 Å². The van der Waals surface area contributed by atoms with Crippen molar-refractivity contribution >= 4 is 16.6 Å². The second-order valence-electron chi connectivity index (χ2n) is 6.13. The molecule has 1 aliphatic heterocycles. The molecular weight excluding hydrogens is 269 g/mol. The topological polar surface area (TPSA) is 51.3 Å². The van der Waals surface area contributed by atoms with E-state index < -0.39 is 0 Å². The van der Waals surface area contributed by atoms with Crippen LogP contribution >= 0.6 is 0 Å². The minimum absolute atomic E-state index is 0.0986. The fraction of sp³-hybridized carbons (Fsp3) is 0.438. The Morgan fingerprint density at radius 3 is 2.71 bits per heavy atom. The predicted molar refractivity (Wildman–Crippen MR) is 81.2 cm³/mol. The molecule has 1 aromatic heterocycles. The highest BCUT2D eigenvalue weighted by atomic mass is 19.1. The van der Waals surface area contributed by atoms with Gasteiger partial charge in [-0.2, -0.15) is 0 Å². The molecule has 1 saturated heterocycles. The number of hydrogen-bond acceptors (Lipinski definition) is 3. The van der Waals surface area contributed by atoms with Crippen molar-refractivity contribution in [2.75, 3.05) is 18.0 Å². The lowest BCUT2D eigenvalue weighted by Crippen LogP contribution is -2.27. The lowest BCUT2D eigenvalue weighted by molar-refractivity contribution is 0.623. The van der Waals surface area contributed by atoms with Crippen molar-refractivity contribution in [2.45, 2.75) is 31.3 Å². The third-order valence-corrected chi connectivity index (χ3v) is 4.50. The summed E-state index contributed by atoms with van der Waals surface area (Å²) in [6, 6.07) is 5.29. The van der Waals surface area contributed by atoms with Gasteiger partial charge in [0, 0.05) is 42.8 Å². The molecule has 2 heterocycles. The first-order valence-corrected chi connectivity index (χ1v) is 7.48. The van der Waals surface area contributed by atoms with E-state index in [1.54, 1.807) is 0 Å². The number of halogens is 1. The van der Waals surface area contributed by atoms with Gasteiger partial charge < -0.3 is 15.2 Å². The molecule has 0 spiro atoms. The summed E-state index contributed by atoms with van der Waals surface area (Å²) in [7, 11) is 0. The molecule has 4 rings (SSSR count). The molecule has 1 aliphatic carbocycles. The van der Waals surface area contributed by atoms with Crippen LogP contribution in [0, 0.1) is 5.82 Å². The second-order valence-corrected chi connectivity index (χ2v) is 6.13. The maximum absolute atomic E-state index is 14.4. The lowest BCUT2D eigenvalue weighted by Gasteiger charge is -2.20. The monoisotopic (exact) mass is 287 g/mol. The average Bonchev–Trinajstić information content (AvgIpc) is 3.21. The van der Waals surface area contributed by atoms with Gasteiger partial charge in [0.05, 0.1) is 11.2 Å². The normalized spacial score (nSPS) is 22.2. The zero-order valence-corrected chi connectivity index (χ0v) is 11.8. The van der Waals surface area contributed by atoms with Crippen LogP contribution < -0.4 is 16.1 Å². The molecule has 0 bridgehead atoms. The number of fused-ring (bicyclic) bond motifs is 1. The van der Waals surface area contributed by atoms with Gasteiger partial charge in [-0.15, -0.1) is 0 Å². The molecule has 2 aromatic rings. The van der Waals surface area contributed by atoms with Crippen LogP contribution in [0.15, 0.2) is 29.2 Å². The molecular formula is C16H18FN3O. The molecule has 2 N–H and O–H groups in total. The zero-order valence-electron chi connectivity index (χ0n) is 11.8. The summed E-state index contributed by atoms with van der Waals surface area (Å²) in [5.41, 5.74) is 7.20. The smallest absolute Gasteiger partial charge is 0.189 e. The molecule has 21 heavy (non-hydrogen) atoms. The van der Waals surface area contributed by atoms with Gasteiger partial charge in [0.2, 0.25) is 0 Å².